The number of fused-ring (bicyclic) bond motifs is 1. The molecule has 0 bridgehead atoms. The molecule has 1 fully saturated rings. The van der Waals surface area contributed by atoms with Gasteiger partial charge in [-0.25, -0.2) is 0 Å². The van der Waals surface area contributed by atoms with Crippen molar-refractivity contribution < 1.29 is 4.74 Å². The van der Waals surface area contributed by atoms with E-state index in [2.05, 4.69) is 58.8 Å². The Morgan fingerprint density at radius 3 is 2.90 bits per heavy atom. The van der Waals surface area contributed by atoms with Crippen molar-refractivity contribution in [1.29, 1.82) is 0 Å². The highest BCUT2D eigenvalue weighted by atomic mass is 16.5. The van der Waals surface area contributed by atoms with Crippen LogP contribution in [0.4, 0.5) is 0 Å². The lowest BCUT2D eigenvalue weighted by Crippen LogP contribution is -2.27. The highest BCUT2D eigenvalue weighted by molar-refractivity contribution is 5.25. The summed E-state index contributed by atoms with van der Waals surface area (Å²) in [5, 5.41) is 4.92. The number of aromatic nitrogens is 2. The summed E-state index contributed by atoms with van der Waals surface area (Å²) < 4.78 is 8.12. The molecule has 2 aliphatic rings. The van der Waals surface area contributed by atoms with Crippen LogP contribution < -0.4 is 0 Å². The van der Waals surface area contributed by atoms with Crippen molar-refractivity contribution in [1.82, 2.24) is 19.6 Å². The molecule has 0 N–H and O–H groups in total. The summed E-state index contributed by atoms with van der Waals surface area (Å²) in [4.78, 5) is 4.96. The molecule has 5 nitrogen and oxygen atoms in total. The summed E-state index contributed by atoms with van der Waals surface area (Å²) in [6.45, 7) is 9.32. The fraction of sp³-hybridized carbons (Fsp3) is 0.625. The average Bonchev–Trinajstić information content (AvgIpc) is 2.99. The van der Waals surface area contributed by atoms with Crippen LogP contribution in [0.5, 0.6) is 0 Å². The van der Waals surface area contributed by atoms with Crippen LogP contribution >= 0.6 is 0 Å². The Bertz CT molecular complexity index is 781. The number of aryl methyl sites for hydroxylation is 2. The zero-order valence-corrected chi connectivity index (χ0v) is 18.1. The maximum absolute atomic E-state index is 5.88. The van der Waals surface area contributed by atoms with Crippen LogP contribution in [0.1, 0.15) is 54.6 Å². The molecular formula is C24H36N4O. The van der Waals surface area contributed by atoms with Crippen LogP contribution in [0.3, 0.4) is 0 Å². The quantitative estimate of drug-likeness (QED) is 0.709. The van der Waals surface area contributed by atoms with E-state index in [4.69, 9.17) is 9.84 Å². The van der Waals surface area contributed by atoms with Crippen molar-refractivity contribution in [2.24, 2.45) is 0 Å². The number of hydrogen-bond acceptors (Lipinski definition) is 4. The van der Waals surface area contributed by atoms with Gasteiger partial charge in [-0.1, -0.05) is 24.3 Å². The Kier molecular flexibility index (Phi) is 7.01. The monoisotopic (exact) mass is 396 g/mol. The molecule has 1 saturated heterocycles. The molecule has 0 radical (unpaired) electrons. The fourth-order valence-electron chi connectivity index (χ4n) is 4.58. The van der Waals surface area contributed by atoms with Crippen molar-refractivity contribution in [2.45, 2.75) is 71.3 Å². The first-order valence-electron chi connectivity index (χ1n) is 11.3. The van der Waals surface area contributed by atoms with E-state index in [1.807, 2.05) is 0 Å². The van der Waals surface area contributed by atoms with E-state index in [0.717, 1.165) is 58.7 Å². The first-order valence-corrected chi connectivity index (χ1v) is 11.3. The largest absolute Gasteiger partial charge is 0.378 e. The number of rotatable bonds is 7. The number of hydrogen-bond donors (Lipinski definition) is 0. The van der Waals surface area contributed by atoms with Crippen LogP contribution in [0.15, 0.2) is 30.3 Å². The molecular weight excluding hydrogens is 360 g/mol. The summed E-state index contributed by atoms with van der Waals surface area (Å²) in [5.74, 6) is 0. The van der Waals surface area contributed by atoms with E-state index in [9.17, 15) is 0 Å². The zero-order valence-electron chi connectivity index (χ0n) is 18.1. The SMILES string of the molecule is Cc1ccccc1CN1CCCn2nc(CN(C)CC[C@@H]3CCCCO3)cc2C1. The molecule has 0 saturated carbocycles. The van der Waals surface area contributed by atoms with Gasteiger partial charge in [0, 0.05) is 45.9 Å². The van der Waals surface area contributed by atoms with E-state index in [1.165, 1.54) is 41.8 Å². The lowest BCUT2D eigenvalue weighted by atomic mass is 10.1. The van der Waals surface area contributed by atoms with E-state index >= 15 is 0 Å². The van der Waals surface area contributed by atoms with Crippen LogP contribution in [0.2, 0.25) is 0 Å². The Morgan fingerprint density at radius 2 is 2.07 bits per heavy atom. The minimum atomic E-state index is 0.458. The second-order valence-corrected chi connectivity index (χ2v) is 8.86. The summed E-state index contributed by atoms with van der Waals surface area (Å²) in [5.41, 5.74) is 5.37. The molecule has 0 aliphatic carbocycles. The molecule has 158 valence electrons. The second-order valence-electron chi connectivity index (χ2n) is 8.86. The summed E-state index contributed by atoms with van der Waals surface area (Å²) >= 11 is 0. The van der Waals surface area contributed by atoms with Crippen LogP contribution in [0, 0.1) is 6.92 Å². The second kappa shape index (κ2) is 9.88. The number of benzene rings is 1. The Hall–Kier alpha value is -1.69. The fourth-order valence-corrected chi connectivity index (χ4v) is 4.58. The van der Waals surface area contributed by atoms with Crippen LogP contribution in [-0.2, 0) is 30.9 Å². The van der Waals surface area contributed by atoms with Gasteiger partial charge in [-0.15, -0.1) is 0 Å². The van der Waals surface area contributed by atoms with Gasteiger partial charge in [0.2, 0.25) is 0 Å². The Morgan fingerprint density at radius 1 is 1.17 bits per heavy atom. The van der Waals surface area contributed by atoms with E-state index in [0.29, 0.717) is 6.10 Å². The van der Waals surface area contributed by atoms with Gasteiger partial charge in [-0.05, 0) is 63.3 Å². The first kappa shape index (κ1) is 20.6. The maximum atomic E-state index is 5.88. The number of ether oxygens (including phenoxy) is 1. The zero-order chi connectivity index (χ0) is 20.1. The molecule has 1 aromatic carbocycles. The Balaban J connectivity index is 1.32. The molecule has 4 rings (SSSR count). The molecule has 0 unspecified atom stereocenters. The van der Waals surface area contributed by atoms with E-state index in [-0.39, 0.29) is 0 Å². The van der Waals surface area contributed by atoms with Gasteiger partial charge in [-0.2, -0.15) is 5.10 Å². The van der Waals surface area contributed by atoms with Crippen molar-refractivity contribution in [3.05, 3.63) is 52.8 Å². The molecule has 1 atom stereocenters. The average molecular weight is 397 g/mol. The van der Waals surface area contributed by atoms with Gasteiger partial charge in [0.1, 0.15) is 0 Å². The van der Waals surface area contributed by atoms with Gasteiger partial charge in [0.15, 0.2) is 0 Å². The van der Waals surface area contributed by atoms with Gasteiger partial charge in [-0.3, -0.25) is 9.58 Å². The molecule has 5 heteroatoms. The van der Waals surface area contributed by atoms with E-state index in [1.54, 1.807) is 0 Å². The predicted octanol–water partition coefficient (Wildman–Crippen LogP) is 3.99. The number of nitrogens with zero attached hydrogens (tertiary/aromatic N) is 4. The normalized spacial score (nSPS) is 20.6. The highest BCUT2D eigenvalue weighted by Crippen LogP contribution is 2.19. The summed E-state index contributed by atoms with van der Waals surface area (Å²) in [7, 11) is 2.21. The molecule has 2 aliphatic heterocycles. The lowest BCUT2D eigenvalue weighted by molar-refractivity contribution is 0.00635. The molecule has 29 heavy (non-hydrogen) atoms. The van der Waals surface area contributed by atoms with Gasteiger partial charge >= 0.3 is 0 Å². The van der Waals surface area contributed by atoms with Gasteiger partial charge in [0.25, 0.3) is 0 Å². The van der Waals surface area contributed by atoms with Crippen molar-refractivity contribution >= 4 is 0 Å². The highest BCUT2D eigenvalue weighted by Gasteiger charge is 2.19. The standard InChI is InChI=1S/C24H36N4O/c1-20-8-3-4-9-21(20)17-27-12-7-13-28-23(19-27)16-22(25-28)18-26(2)14-11-24-10-5-6-15-29-24/h3-4,8-9,16,24H,5-7,10-15,17-19H2,1-2H3/t24-/m0/s1. The minimum Gasteiger partial charge on any atom is -0.378 e. The molecule has 0 spiro atoms. The van der Waals surface area contributed by atoms with Crippen molar-refractivity contribution in [2.75, 3.05) is 26.7 Å². The molecule has 3 heterocycles. The van der Waals surface area contributed by atoms with Crippen molar-refractivity contribution in [3.63, 3.8) is 0 Å². The molecule has 1 aromatic heterocycles. The predicted molar refractivity (Wildman–Crippen MR) is 117 cm³/mol. The lowest BCUT2D eigenvalue weighted by Gasteiger charge is -2.24. The minimum absolute atomic E-state index is 0.458. The third-order valence-corrected chi connectivity index (χ3v) is 6.34. The third kappa shape index (κ3) is 5.68. The van der Waals surface area contributed by atoms with Crippen LogP contribution in [-0.4, -0.2) is 52.4 Å². The smallest absolute Gasteiger partial charge is 0.0768 e. The maximum Gasteiger partial charge on any atom is 0.0768 e. The Labute approximate surface area is 175 Å². The van der Waals surface area contributed by atoms with E-state index < -0.39 is 0 Å². The summed E-state index contributed by atoms with van der Waals surface area (Å²) in [6, 6.07) is 11.1. The first-order chi connectivity index (χ1) is 14.2. The van der Waals surface area contributed by atoms with Gasteiger partial charge in [0.05, 0.1) is 17.5 Å². The molecule has 0 amide bonds. The third-order valence-electron chi connectivity index (χ3n) is 6.34. The van der Waals surface area contributed by atoms with Gasteiger partial charge < -0.3 is 9.64 Å². The summed E-state index contributed by atoms with van der Waals surface area (Å²) in [6.07, 6.45) is 6.53. The van der Waals surface area contributed by atoms with Crippen LogP contribution in [0.25, 0.3) is 0 Å². The topological polar surface area (TPSA) is 33.5 Å². The molecule has 2 aromatic rings. The van der Waals surface area contributed by atoms with Crippen molar-refractivity contribution in [3.8, 4) is 0 Å².